The van der Waals surface area contributed by atoms with E-state index in [1.54, 1.807) is 12.4 Å². The number of benzene rings is 2. The fraction of sp³-hybridized carbons (Fsp3) is 0.0500. The maximum absolute atomic E-state index is 9.26. The lowest BCUT2D eigenvalue weighted by molar-refractivity contribution is 0.910. The third-order valence-electron chi connectivity index (χ3n) is 4.50. The van der Waals surface area contributed by atoms with E-state index in [1.165, 1.54) is 6.33 Å². The summed E-state index contributed by atoms with van der Waals surface area (Å²) in [7, 11) is 0. The largest absolute Gasteiger partial charge is 0.361 e. The molecule has 0 saturated carbocycles. The molecule has 0 aliphatic rings. The molecular formula is C20H14N8. The van der Waals surface area contributed by atoms with Crippen LogP contribution in [0.15, 0.2) is 61.2 Å². The molecule has 2 N–H and O–H groups in total. The highest BCUT2D eigenvalue weighted by molar-refractivity contribution is 5.82. The summed E-state index contributed by atoms with van der Waals surface area (Å²) in [5.41, 5.74) is 4.70. The molecule has 0 spiro atoms. The van der Waals surface area contributed by atoms with E-state index in [4.69, 9.17) is 4.98 Å². The van der Waals surface area contributed by atoms with Crippen molar-refractivity contribution in [2.45, 2.75) is 6.54 Å². The van der Waals surface area contributed by atoms with Gasteiger partial charge in [-0.25, -0.2) is 19.9 Å². The summed E-state index contributed by atoms with van der Waals surface area (Å²) in [6.45, 7) is 0.441. The van der Waals surface area contributed by atoms with Gasteiger partial charge in [0.2, 0.25) is 0 Å². The second-order valence-corrected chi connectivity index (χ2v) is 6.19. The Kier molecular flexibility index (Phi) is 3.69. The summed E-state index contributed by atoms with van der Waals surface area (Å²) < 4.78 is 2.05. The van der Waals surface area contributed by atoms with Gasteiger partial charge in [0, 0.05) is 5.69 Å². The van der Waals surface area contributed by atoms with Crippen molar-refractivity contribution in [1.29, 1.82) is 5.26 Å². The van der Waals surface area contributed by atoms with Gasteiger partial charge in [-0.3, -0.25) is 4.57 Å². The summed E-state index contributed by atoms with van der Waals surface area (Å²) in [4.78, 5) is 20.4. The summed E-state index contributed by atoms with van der Waals surface area (Å²) in [5.74, 6) is 1.47. The standard InChI is InChI=1S/C20H14N8/c21-9-13-4-3-5-14(8-13)28-16-7-2-1-6-15(16)27-17(28)10-22-19-18-20(24-11-23-18)26-12-25-19/h1-8,11-12H,10H2,(H2,22,23,24,25,26). The second kappa shape index (κ2) is 6.48. The molecule has 8 nitrogen and oxygen atoms in total. The number of nitrogens with zero attached hydrogens (tertiary/aromatic N) is 6. The minimum atomic E-state index is 0.441. The minimum absolute atomic E-state index is 0.441. The second-order valence-electron chi connectivity index (χ2n) is 6.19. The zero-order chi connectivity index (χ0) is 18.9. The van der Waals surface area contributed by atoms with Gasteiger partial charge in [-0.2, -0.15) is 5.26 Å². The molecule has 0 aliphatic carbocycles. The number of hydrogen-bond donors (Lipinski definition) is 2. The van der Waals surface area contributed by atoms with Crippen LogP contribution >= 0.6 is 0 Å². The smallest absolute Gasteiger partial charge is 0.182 e. The highest BCUT2D eigenvalue weighted by Gasteiger charge is 2.14. The fourth-order valence-corrected chi connectivity index (χ4v) is 3.26. The lowest BCUT2D eigenvalue weighted by Gasteiger charge is -2.11. The molecule has 0 fully saturated rings. The lowest BCUT2D eigenvalue weighted by atomic mass is 10.2. The molecule has 5 rings (SSSR count). The van der Waals surface area contributed by atoms with E-state index < -0.39 is 0 Å². The van der Waals surface area contributed by atoms with E-state index in [9.17, 15) is 5.26 Å². The molecule has 3 heterocycles. The SMILES string of the molecule is N#Cc1cccc(-n2c(CNc3ncnc4nc[nH]c34)nc3ccccc32)c1. The first-order valence-electron chi connectivity index (χ1n) is 8.68. The molecule has 0 unspecified atom stereocenters. The van der Waals surface area contributed by atoms with Crippen molar-refractivity contribution in [3.8, 4) is 11.8 Å². The number of nitriles is 1. The number of fused-ring (bicyclic) bond motifs is 2. The summed E-state index contributed by atoms with van der Waals surface area (Å²) >= 11 is 0. The lowest BCUT2D eigenvalue weighted by Crippen LogP contribution is -2.09. The van der Waals surface area contributed by atoms with Crippen LogP contribution in [0.25, 0.3) is 27.9 Å². The molecule has 0 radical (unpaired) electrons. The molecule has 0 saturated heterocycles. The van der Waals surface area contributed by atoms with Gasteiger partial charge in [0.05, 0.1) is 35.5 Å². The Morgan fingerprint density at radius 3 is 2.93 bits per heavy atom. The number of para-hydroxylation sites is 2. The minimum Gasteiger partial charge on any atom is -0.361 e. The van der Waals surface area contributed by atoms with Crippen molar-refractivity contribution in [1.82, 2.24) is 29.5 Å². The topological polar surface area (TPSA) is 108 Å². The number of imidazole rings is 2. The number of H-pyrrole nitrogens is 1. The van der Waals surface area contributed by atoms with Gasteiger partial charge in [0.15, 0.2) is 11.5 Å². The molecule has 5 aromatic rings. The number of aromatic nitrogens is 6. The third-order valence-corrected chi connectivity index (χ3v) is 4.50. The van der Waals surface area contributed by atoms with E-state index in [1.807, 2.05) is 42.5 Å². The van der Waals surface area contributed by atoms with E-state index in [0.717, 1.165) is 28.1 Å². The zero-order valence-corrected chi connectivity index (χ0v) is 14.7. The van der Waals surface area contributed by atoms with Crippen molar-refractivity contribution in [3.05, 3.63) is 72.6 Å². The molecule has 2 aromatic carbocycles. The molecule has 0 aliphatic heterocycles. The van der Waals surface area contributed by atoms with Crippen LogP contribution in [0.4, 0.5) is 5.82 Å². The Bertz CT molecular complexity index is 1340. The van der Waals surface area contributed by atoms with Crippen LogP contribution in [0, 0.1) is 11.3 Å². The Morgan fingerprint density at radius 2 is 2.00 bits per heavy atom. The normalized spacial score (nSPS) is 11.0. The van der Waals surface area contributed by atoms with Gasteiger partial charge in [0.1, 0.15) is 17.7 Å². The number of rotatable bonds is 4. The van der Waals surface area contributed by atoms with Crippen molar-refractivity contribution < 1.29 is 0 Å². The van der Waals surface area contributed by atoms with Crippen LogP contribution in [-0.2, 0) is 6.54 Å². The Hall–Kier alpha value is -4.25. The first-order valence-corrected chi connectivity index (χ1v) is 8.68. The third kappa shape index (κ3) is 2.62. The zero-order valence-electron chi connectivity index (χ0n) is 14.7. The number of hydrogen-bond acceptors (Lipinski definition) is 6. The monoisotopic (exact) mass is 366 g/mol. The Morgan fingerprint density at radius 1 is 1.07 bits per heavy atom. The molecule has 0 amide bonds. The van der Waals surface area contributed by atoms with Crippen molar-refractivity contribution in [2.24, 2.45) is 0 Å². The van der Waals surface area contributed by atoms with E-state index in [-0.39, 0.29) is 0 Å². The summed E-state index contributed by atoms with van der Waals surface area (Å²) in [5, 5.41) is 12.6. The van der Waals surface area contributed by atoms with Crippen LogP contribution in [0.5, 0.6) is 0 Å². The van der Waals surface area contributed by atoms with Gasteiger partial charge in [-0.15, -0.1) is 0 Å². The van der Waals surface area contributed by atoms with Gasteiger partial charge in [-0.05, 0) is 30.3 Å². The van der Waals surface area contributed by atoms with Gasteiger partial charge < -0.3 is 10.3 Å². The Balaban J connectivity index is 1.59. The molecular weight excluding hydrogens is 352 g/mol. The van der Waals surface area contributed by atoms with Crippen LogP contribution in [-0.4, -0.2) is 29.5 Å². The predicted molar refractivity (Wildman–Crippen MR) is 105 cm³/mol. The van der Waals surface area contributed by atoms with Crippen molar-refractivity contribution >= 4 is 28.0 Å². The fourth-order valence-electron chi connectivity index (χ4n) is 3.26. The molecule has 8 heteroatoms. The van der Waals surface area contributed by atoms with Gasteiger partial charge in [-0.1, -0.05) is 18.2 Å². The van der Waals surface area contributed by atoms with E-state index >= 15 is 0 Å². The molecule has 0 bridgehead atoms. The molecule has 28 heavy (non-hydrogen) atoms. The number of nitrogens with one attached hydrogen (secondary N) is 2. The Labute approximate surface area is 159 Å². The maximum Gasteiger partial charge on any atom is 0.182 e. The molecule has 3 aromatic heterocycles. The van der Waals surface area contributed by atoms with Crippen molar-refractivity contribution in [2.75, 3.05) is 5.32 Å². The quantitative estimate of drug-likeness (QED) is 0.506. The van der Waals surface area contributed by atoms with Crippen LogP contribution in [0.1, 0.15) is 11.4 Å². The van der Waals surface area contributed by atoms with Crippen LogP contribution < -0.4 is 5.32 Å². The van der Waals surface area contributed by atoms with E-state index in [2.05, 4.69) is 35.9 Å². The van der Waals surface area contributed by atoms with Gasteiger partial charge in [0.25, 0.3) is 0 Å². The highest BCUT2D eigenvalue weighted by atomic mass is 15.1. The number of aromatic amines is 1. The van der Waals surface area contributed by atoms with Crippen molar-refractivity contribution in [3.63, 3.8) is 0 Å². The predicted octanol–water partition coefficient (Wildman–Crippen LogP) is 3.18. The van der Waals surface area contributed by atoms with E-state index in [0.29, 0.717) is 23.6 Å². The average molecular weight is 366 g/mol. The first kappa shape index (κ1) is 16.0. The summed E-state index contributed by atoms with van der Waals surface area (Å²) in [6, 6.07) is 17.6. The van der Waals surface area contributed by atoms with Gasteiger partial charge >= 0.3 is 0 Å². The average Bonchev–Trinajstić information content (AvgIpc) is 3.36. The maximum atomic E-state index is 9.26. The highest BCUT2D eigenvalue weighted by Crippen LogP contribution is 2.23. The number of anilines is 1. The van der Waals surface area contributed by atoms with Crippen LogP contribution in [0.3, 0.4) is 0 Å². The first-order chi connectivity index (χ1) is 13.8. The summed E-state index contributed by atoms with van der Waals surface area (Å²) in [6.07, 6.45) is 3.07. The van der Waals surface area contributed by atoms with Crippen LogP contribution in [0.2, 0.25) is 0 Å². The molecule has 0 atom stereocenters. The molecule has 134 valence electrons.